The normalized spacial score (nSPS) is 10.2. The van der Waals surface area contributed by atoms with Crippen LogP contribution in [0.3, 0.4) is 0 Å². The Hall–Kier alpha value is -1.71. The van der Waals surface area contributed by atoms with Crippen molar-refractivity contribution >= 4 is 0 Å². The fraction of sp³-hybridized carbons (Fsp3) is 0.222. The summed E-state index contributed by atoms with van der Waals surface area (Å²) in [6.45, 7) is 2.04. The van der Waals surface area contributed by atoms with Crippen LogP contribution >= 0.6 is 0 Å². The molecule has 0 bridgehead atoms. The van der Waals surface area contributed by atoms with Crippen molar-refractivity contribution in [2.45, 2.75) is 13.3 Å². The van der Waals surface area contributed by atoms with Gasteiger partial charge in [0.15, 0.2) is 0 Å². The fourth-order valence-electron chi connectivity index (χ4n) is 1.17. The van der Waals surface area contributed by atoms with Crippen molar-refractivity contribution in [1.29, 1.82) is 0 Å². The van der Waals surface area contributed by atoms with Gasteiger partial charge in [-0.25, -0.2) is 0 Å². The van der Waals surface area contributed by atoms with Gasteiger partial charge in [-0.3, -0.25) is 9.97 Å². The summed E-state index contributed by atoms with van der Waals surface area (Å²) in [6.07, 6.45) is 5.71. The van der Waals surface area contributed by atoms with Crippen LogP contribution in [0, 0.1) is 0 Å². The molecule has 0 unspecified atom stereocenters. The molecular weight excluding hydrogens is 166 g/mol. The third-order valence-corrected chi connectivity index (χ3v) is 1.79. The molecule has 2 aromatic heterocycles. The Balaban J connectivity index is 2.51. The number of hydrogen-bond acceptors (Lipinski definition) is 4. The first-order chi connectivity index (χ1) is 6.42. The highest BCUT2D eigenvalue weighted by atomic mass is 16.5. The van der Waals surface area contributed by atoms with Crippen LogP contribution in [0.1, 0.15) is 12.6 Å². The van der Waals surface area contributed by atoms with Crippen LogP contribution in [0.15, 0.2) is 29.2 Å². The molecule has 0 radical (unpaired) electrons. The quantitative estimate of drug-likeness (QED) is 0.697. The van der Waals surface area contributed by atoms with Gasteiger partial charge in [-0.05, 0) is 6.42 Å². The Labute approximate surface area is 75.6 Å². The van der Waals surface area contributed by atoms with Gasteiger partial charge < -0.3 is 4.52 Å². The van der Waals surface area contributed by atoms with Crippen molar-refractivity contribution in [2.75, 3.05) is 0 Å². The second kappa shape index (κ2) is 3.35. The van der Waals surface area contributed by atoms with E-state index < -0.39 is 0 Å². The molecule has 0 aromatic carbocycles. The van der Waals surface area contributed by atoms with E-state index in [0.29, 0.717) is 0 Å². The van der Waals surface area contributed by atoms with E-state index in [1.54, 1.807) is 18.5 Å². The van der Waals surface area contributed by atoms with Gasteiger partial charge in [-0.1, -0.05) is 12.1 Å². The second-order valence-electron chi connectivity index (χ2n) is 2.59. The summed E-state index contributed by atoms with van der Waals surface area (Å²) in [4.78, 5) is 8.42. The summed E-state index contributed by atoms with van der Waals surface area (Å²) in [5.74, 6) is 0. The van der Waals surface area contributed by atoms with Gasteiger partial charge in [0.05, 0.1) is 5.69 Å². The van der Waals surface area contributed by atoms with E-state index in [4.69, 9.17) is 4.52 Å². The van der Waals surface area contributed by atoms with Crippen molar-refractivity contribution in [2.24, 2.45) is 0 Å². The molecule has 0 N–H and O–H groups in total. The highest BCUT2D eigenvalue weighted by Gasteiger charge is 2.07. The number of aromatic nitrogens is 3. The number of rotatable bonds is 2. The first kappa shape index (κ1) is 7.91. The molecule has 0 saturated heterocycles. The Morgan fingerprint density at radius 3 is 2.85 bits per heavy atom. The number of nitrogens with zero attached hydrogens (tertiary/aromatic N) is 3. The van der Waals surface area contributed by atoms with E-state index in [1.807, 2.05) is 6.92 Å². The Morgan fingerprint density at radius 1 is 1.31 bits per heavy atom. The van der Waals surface area contributed by atoms with Gasteiger partial charge >= 0.3 is 0 Å². The first-order valence-electron chi connectivity index (χ1n) is 4.12. The minimum absolute atomic E-state index is 0.741. The zero-order valence-electron chi connectivity index (χ0n) is 7.27. The molecule has 13 heavy (non-hydrogen) atoms. The molecule has 2 heterocycles. The Bertz CT molecular complexity index is 384. The molecule has 0 aliphatic carbocycles. The van der Waals surface area contributed by atoms with Crippen molar-refractivity contribution in [3.8, 4) is 11.4 Å². The summed E-state index contributed by atoms with van der Waals surface area (Å²) >= 11 is 0. The van der Waals surface area contributed by atoms with E-state index in [9.17, 15) is 0 Å². The summed E-state index contributed by atoms with van der Waals surface area (Å²) in [5, 5.41) is 3.82. The van der Waals surface area contributed by atoms with Gasteiger partial charge in [0, 0.05) is 18.5 Å². The smallest absolute Gasteiger partial charge is 0.134 e. The van der Waals surface area contributed by atoms with E-state index in [2.05, 4.69) is 15.1 Å². The summed E-state index contributed by atoms with van der Waals surface area (Å²) < 4.78 is 4.75. The maximum absolute atomic E-state index is 4.75. The molecule has 66 valence electrons. The van der Waals surface area contributed by atoms with Gasteiger partial charge in [0.25, 0.3) is 0 Å². The minimum Gasteiger partial charge on any atom is -0.364 e. The van der Waals surface area contributed by atoms with E-state index in [-0.39, 0.29) is 0 Å². The molecule has 0 aliphatic heterocycles. The monoisotopic (exact) mass is 175 g/mol. The standard InChI is InChI=1S/C9H9N3O/c1-2-7-9(11-5-4-10-7)8-3-6-13-12-8/h3-6H,2H2,1H3. The molecule has 0 saturated carbocycles. The molecular formula is C9H9N3O. The third kappa shape index (κ3) is 1.42. The SMILES string of the molecule is CCc1nccnc1-c1ccon1. The lowest BCUT2D eigenvalue weighted by Gasteiger charge is -1.99. The molecule has 0 aliphatic rings. The van der Waals surface area contributed by atoms with Crippen LogP contribution < -0.4 is 0 Å². The summed E-state index contributed by atoms with van der Waals surface area (Å²) in [5.41, 5.74) is 2.49. The lowest BCUT2D eigenvalue weighted by molar-refractivity contribution is 0.422. The van der Waals surface area contributed by atoms with Crippen molar-refractivity contribution < 1.29 is 4.52 Å². The molecule has 0 amide bonds. The maximum atomic E-state index is 4.75. The second-order valence-corrected chi connectivity index (χ2v) is 2.59. The van der Waals surface area contributed by atoms with Crippen LogP contribution in [0.2, 0.25) is 0 Å². The summed E-state index contributed by atoms with van der Waals surface area (Å²) in [7, 11) is 0. The minimum atomic E-state index is 0.741. The average molecular weight is 175 g/mol. The third-order valence-electron chi connectivity index (χ3n) is 1.79. The van der Waals surface area contributed by atoms with Crippen molar-refractivity contribution in [1.82, 2.24) is 15.1 Å². The zero-order chi connectivity index (χ0) is 9.10. The largest absolute Gasteiger partial charge is 0.364 e. The molecule has 2 aromatic rings. The van der Waals surface area contributed by atoms with Crippen LogP contribution in [0.4, 0.5) is 0 Å². The fourth-order valence-corrected chi connectivity index (χ4v) is 1.17. The van der Waals surface area contributed by atoms with Gasteiger partial charge in [0.2, 0.25) is 0 Å². The topological polar surface area (TPSA) is 51.8 Å². The molecule has 4 heteroatoms. The Kier molecular flexibility index (Phi) is 2.04. The van der Waals surface area contributed by atoms with Crippen LogP contribution in [0.25, 0.3) is 11.4 Å². The molecule has 0 spiro atoms. The van der Waals surface area contributed by atoms with Gasteiger partial charge in [-0.2, -0.15) is 0 Å². The van der Waals surface area contributed by atoms with Crippen molar-refractivity contribution in [3.05, 3.63) is 30.4 Å². The molecule has 0 atom stereocenters. The molecule has 0 fully saturated rings. The van der Waals surface area contributed by atoms with E-state index >= 15 is 0 Å². The average Bonchev–Trinajstić information content (AvgIpc) is 2.70. The van der Waals surface area contributed by atoms with Crippen LogP contribution in [-0.4, -0.2) is 15.1 Å². The highest BCUT2D eigenvalue weighted by molar-refractivity contribution is 5.55. The van der Waals surface area contributed by atoms with Crippen molar-refractivity contribution in [3.63, 3.8) is 0 Å². The lowest BCUT2D eigenvalue weighted by Crippen LogP contribution is -1.94. The zero-order valence-corrected chi connectivity index (χ0v) is 7.27. The predicted octanol–water partition coefficient (Wildman–Crippen LogP) is 1.69. The predicted molar refractivity (Wildman–Crippen MR) is 46.9 cm³/mol. The number of aryl methyl sites for hydroxylation is 1. The number of hydrogen-bond donors (Lipinski definition) is 0. The van der Waals surface area contributed by atoms with Gasteiger partial charge in [-0.15, -0.1) is 0 Å². The molecule has 2 rings (SSSR count). The van der Waals surface area contributed by atoms with Gasteiger partial charge in [0.1, 0.15) is 17.7 Å². The van der Waals surface area contributed by atoms with Crippen LogP contribution in [0.5, 0.6) is 0 Å². The highest BCUT2D eigenvalue weighted by Crippen LogP contribution is 2.16. The lowest BCUT2D eigenvalue weighted by atomic mass is 10.2. The Morgan fingerprint density at radius 2 is 2.15 bits per heavy atom. The van der Waals surface area contributed by atoms with E-state index in [0.717, 1.165) is 23.5 Å². The molecule has 4 nitrogen and oxygen atoms in total. The maximum Gasteiger partial charge on any atom is 0.134 e. The van der Waals surface area contributed by atoms with Crippen LogP contribution in [-0.2, 0) is 6.42 Å². The summed E-state index contributed by atoms with van der Waals surface area (Å²) in [6, 6.07) is 1.78. The first-order valence-corrected chi connectivity index (χ1v) is 4.12. The van der Waals surface area contributed by atoms with E-state index in [1.165, 1.54) is 6.26 Å².